The molecular formula is C12H12FN3OS. The first-order chi connectivity index (χ1) is 8.50. The molecule has 2 unspecified atom stereocenters. The zero-order valence-corrected chi connectivity index (χ0v) is 10.3. The molecule has 0 aromatic heterocycles. The molecule has 18 heavy (non-hydrogen) atoms. The summed E-state index contributed by atoms with van der Waals surface area (Å²) in [5, 5.41) is 5.88. The van der Waals surface area contributed by atoms with Gasteiger partial charge in [0.25, 0.3) is 0 Å². The van der Waals surface area contributed by atoms with E-state index in [0.717, 1.165) is 0 Å². The van der Waals surface area contributed by atoms with Crippen molar-refractivity contribution in [3.8, 4) is 0 Å². The molecule has 94 valence electrons. The van der Waals surface area contributed by atoms with Gasteiger partial charge in [-0.25, -0.2) is 4.39 Å². The lowest BCUT2D eigenvalue weighted by Crippen LogP contribution is -2.52. The zero-order chi connectivity index (χ0) is 13.3. The first-order valence-electron chi connectivity index (χ1n) is 5.30. The molecule has 2 atom stereocenters. The quantitative estimate of drug-likeness (QED) is 0.697. The van der Waals surface area contributed by atoms with Crippen LogP contribution in [0.2, 0.25) is 0 Å². The Balaban J connectivity index is 2.45. The van der Waals surface area contributed by atoms with Crippen LogP contribution in [-0.2, 0) is 4.79 Å². The van der Waals surface area contributed by atoms with Crippen molar-refractivity contribution in [2.45, 2.75) is 6.04 Å². The van der Waals surface area contributed by atoms with Gasteiger partial charge in [-0.05, 0) is 18.3 Å². The molecule has 2 rings (SSSR count). The molecule has 1 heterocycles. The number of hydrogen-bond acceptors (Lipinski definition) is 2. The first-order valence-corrected chi connectivity index (χ1v) is 5.71. The van der Waals surface area contributed by atoms with Crippen LogP contribution in [0.15, 0.2) is 36.5 Å². The number of carbonyl (C=O) groups excluding carboxylic acids is 1. The van der Waals surface area contributed by atoms with Crippen molar-refractivity contribution in [1.82, 2.24) is 10.6 Å². The lowest BCUT2D eigenvalue weighted by Gasteiger charge is -2.34. The third-order valence-corrected chi connectivity index (χ3v) is 3.04. The second kappa shape index (κ2) is 4.73. The second-order valence-electron chi connectivity index (χ2n) is 4.00. The molecule has 4 N–H and O–H groups in total. The molecular weight excluding hydrogens is 253 g/mol. The van der Waals surface area contributed by atoms with Crippen molar-refractivity contribution in [2.75, 3.05) is 0 Å². The van der Waals surface area contributed by atoms with Crippen molar-refractivity contribution >= 4 is 23.2 Å². The highest BCUT2D eigenvalue weighted by molar-refractivity contribution is 7.80. The Morgan fingerprint density at radius 2 is 2.11 bits per heavy atom. The number of thiocarbonyl (C=S) groups is 1. The maximum absolute atomic E-state index is 13.8. The summed E-state index contributed by atoms with van der Waals surface area (Å²) >= 11 is 4.98. The minimum Gasteiger partial charge on any atom is -0.369 e. The summed E-state index contributed by atoms with van der Waals surface area (Å²) in [6.07, 6.45) is 0. The molecule has 1 fully saturated rings. The molecule has 1 aromatic carbocycles. The van der Waals surface area contributed by atoms with Gasteiger partial charge in [-0.1, -0.05) is 24.8 Å². The van der Waals surface area contributed by atoms with Crippen molar-refractivity contribution in [3.05, 3.63) is 47.9 Å². The summed E-state index contributed by atoms with van der Waals surface area (Å²) < 4.78 is 13.8. The van der Waals surface area contributed by atoms with Crippen LogP contribution in [0.3, 0.4) is 0 Å². The lowest BCUT2D eigenvalue weighted by molar-refractivity contribution is -0.121. The Morgan fingerprint density at radius 3 is 2.72 bits per heavy atom. The van der Waals surface area contributed by atoms with Crippen LogP contribution in [0.1, 0.15) is 11.6 Å². The minimum atomic E-state index is -0.756. The Kier molecular flexibility index (Phi) is 3.29. The van der Waals surface area contributed by atoms with E-state index in [1.54, 1.807) is 18.2 Å². The van der Waals surface area contributed by atoms with Crippen LogP contribution in [0.25, 0.3) is 0 Å². The molecule has 0 saturated carbocycles. The molecule has 6 heteroatoms. The molecule has 0 spiro atoms. The predicted octanol–water partition coefficient (Wildman–Crippen LogP) is 0.960. The van der Waals surface area contributed by atoms with Gasteiger partial charge in [0, 0.05) is 11.3 Å². The molecule has 1 aliphatic rings. The van der Waals surface area contributed by atoms with Crippen molar-refractivity contribution < 1.29 is 9.18 Å². The number of halogens is 1. The highest BCUT2D eigenvalue weighted by atomic mass is 32.1. The van der Waals surface area contributed by atoms with E-state index in [1.165, 1.54) is 6.07 Å². The number of primary amides is 1. The van der Waals surface area contributed by atoms with Gasteiger partial charge in [0.2, 0.25) is 5.91 Å². The summed E-state index contributed by atoms with van der Waals surface area (Å²) in [6.45, 7) is 3.71. The van der Waals surface area contributed by atoms with Gasteiger partial charge in [-0.2, -0.15) is 0 Å². The second-order valence-corrected chi connectivity index (χ2v) is 4.41. The summed E-state index contributed by atoms with van der Waals surface area (Å²) in [4.78, 5) is 11.5. The van der Waals surface area contributed by atoms with E-state index < -0.39 is 23.7 Å². The number of nitrogens with one attached hydrogen (secondary N) is 2. The van der Waals surface area contributed by atoms with Gasteiger partial charge in [-0.15, -0.1) is 0 Å². The summed E-state index contributed by atoms with van der Waals surface area (Å²) in [5.74, 6) is -1.76. The van der Waals surface area contributed by atoms with E-state index in [2.05, 4.69) is 17.2 Å². The SMILES string of the molecule is C=C1NC(=S)NC(c2ccccc2F)C1C(N)=O. The molecule has 0 radical (unpaired) electrons. The lowest BCUT2D eigenvalue weighted by atomic mass is 9.88. The zero-order valence-electron chi connectivity index (χ0n) is 9.44. The van der Waals surface area contributed by atoms with Gasteiger partial charge in [0.05, 0.1) is 6.04 Å². The van der Waals surface area contributed by atoms with Crippen LogP contribution in [0.5, 0.6) is 0 Å². The van der Waals surface area contributed by atoms with Crippen LogP contribution in [-0.4, -0.2) is 11.0 Å². The van der Waals surface area contributed by atoms with Gasteiger partial charge in [0.1, 0.15) is 11.7 Å². The maximum Gasteiger partial charge on any atom is 0.228 e. The van der Waals surface area contributed by atoms with Gasteiger partial charge in [0.15, 0.2) is 5.11 Å². The minimum absolute atomic E-state index is 0.297. The Bertz CT molecular complexity index is 532. The van der Waals surface area contributed by atoms with Crippen molar-refractivity contribution in [3.63, 3.8) is 0 Å². The van der Waals surface area contributed by atoms with Crippen LogP contribution >= 0.6 is 12.2 Å². The fourth-order valence-electron chi connectivity index (χ4n) is 2.01. The molecule has 1 saturated heterocycles. The topological polar surface area (TPSA) is 67.2 Å². The van der Waals surface area contributed by atoms with Crippen molar-refractivity contribution in [1.29, 1.82) is 0 Å². The average Bonchev–Trinajstić information content (AvgIpc) is 2.27. The van der Waals surface area contributed by atoms with E-state index in [0.29, 0.717) is 16.4 Å². The van der Waals surface area contributed by atoms with Gasteiger partial charge >= 0.3 is 0 Å². The Morgan fingerprint density at radius 1 is 1.44 bits per heavy atom. The monoisotopic (exact) mass is 265 g/mol. The Labute approximate surface area is 109 Å². The van der Waals surface area contributed by atoms with Gasteiger partial charge < -0.3 is 16.4 Å². The smallest absolute Gasteiger partial charge is 0.228 e. The molecule has 0 aliphatic carbocycles. The molecule has 1 aliphatic heterocycles. The molecule has 4 nitrogen and oxygen atoms in total. The van der Waals surface area contributed by atoms with E-state index >= 15 is 0 Å². The van der Waals surface area contributed by atoms with Crippen LogP contribution < -0.4 is 16.4 Å². The first kappa shape index (κ1) is 12.5. The fraction of sp³-hybridized carbons (Fsp3) is 0.167. The molecule has 0 bridgehead atoms. The van der Waals surface area contributed by atoms with E-state index in [9.17, 15) is 9.18 Å². The number of amides is 1. The highest BCUT2D eigenvalue weighted by Gasteiger charge is 2.36. The number of carbonyl (C=O) groups is 1. The Hall–Kier alpha value is -1.95. The van der Waals surface area contributed by atoms with Crippen LogP contribution in [0.4, 0.5) is 4.39 Å². The highest BCUT2D eigenvalue weighted by Crippen LogP contribution is 2.30. The van der Waals surface area contributed by atoms with Crippen LogP contribution in [0, 0.1) is 11.7 Å². The molecule has 1 aromatic rings. The standard InChI is InChI=1S/C12H12FN3OS/c1-6-9(11(14)17)10(16-12(18)15-6)7-4-2-3-5-8(7)13/h2-5,9-10H,1H2,(H2,14,17)(H2,15,16,18). The largest absolute Gasteiger partial charge is 0.369 e. The number of rotatable bonds is 2. The van der Waals surface area contributed by atoms with Gasteiger partial charge in [-0.3, -0.25) is 4.79 Å². The average molecular weight is 265 g/mol. The van der Waals surface area contributed by atoms with E-state index in [1.807, 2.05) is 0 Å². The normalized spacial score (nSPS) is 23.2. The van der Waals surface area contributed by atoms with E-state index in [-0.39, 0.29) is 0 Å². The number of nitrogens with two attached hydrogens (primary N) is 1. The third kappa shape index (κ3) is 2.19. The maximum atomic E-state index is 13.8. The van der Waals surface area contributed by atoms with Crippen molar-refractivity contribution in [2.24, 2.45) is 11.7 Å². The number of hydrogen-bond donors (Lipinski definition) is 3. The molecule has 1 amide bonds. The summed E-state index contributed by atoms with van der Waals surface area (Å²) in [5.41, 5.74) is 6.05. The summed E-state index contributed by atoms with van der Waals surface area (Å²) in [7, 11) is 0. The third-order valence-electron chi connectivity index (χ3n) is 2.82. The van der Waals surface area contributed by atoms with E-state index in [4.69, 9.17) is 18.0 Å². The fourth-order valence-corrected chi connectivity index (χ4v) is 2.26. The predicted molar refractivity (Wildman–Crippen MR) is 69.8 cm³/mol. The number of benzene rings is 1. The summed E-state index contributed by atoms with van der Waals surface area (Å²) in [6, 6.07) is 5.54.